The van der Waals surface area contributed by atoms with Crippen LogP contribution in [0.25, 0.3) is 0 Å². The summed E-state index contributed by atoms with van der Waals surface area (Å²) in [7, 11) is 0. The van der Waals surface area contributed by atoms with Gasteiger partial charge in [-0.2, -0.15) is 0 Å². The first-order valence-electron chi connectivity index (χ1n) is 18.6. The van der Waals surface area contributed by atoms with E-state index in [-0.39, 0.29) is 12.1 Å². The Labute approximate surface area is 266 Å². The van der Waals surface area contributed by atoms with Crippen molar-refractivity contribution in [3.8, 4) is 0 Å². The number of rotatable bonds is 29. The summed E-state index contributed by atoms with van der Waals surface area (Å²) in [6.45, 7) is 2.30. The Morgan fingerprint density at radius 3 is 1.02 bits per heavy atom. The van der Waals surface area contributed by atoms with Crippen LogP contribution in [0.1, 0.15) is 191 Å². The van der Waals surface area contributed by atoms with Gasteiger partial charge in [-0.3, -0.25) is 4.79 Å². The molecule has 0 spiro atoms. The average molecular weight is 591 g/mol. The molecule has 0 heterocycles. The van der Waals surface area contributed by atoms with Crippen LogP contribution in [0.3, 0.4) is 0 Å². The molecule has 0 aliphatic carbocycles. The highest BCUT2D eigenvalue weighted by molar-refractivity contribution is 5.70. The number of ether oxygens (including phenoxy) is 1. The second kappa shape index (κ2) is 27.5. The van der Waals surface area contributed by atoms with Gasteiger partial charge in [0.1, 0.15) is 0 Å². The molecular weight excluding hydrogens is 524 g/mol. The molecule has 0 aromatic heterocycles. The van der Waals surface area contributed by atoms with Gasteiger partial charge < -0.3 is 4.74 Å². The molecule has 0 atom stereocenters. The molecule has 2 aromatic rings. The number of hydrogen-bond donors (Lipinski definition) is 0. The topological polar surface area (TPSA) is 26.3 Å². The third-order valence-corrected chi connectivity index (χ3v) is 8.94. The van der Waals surface area contributed by atoms with Crippen LogP contribution in [-0.2, 0) is 9.53 Å². The fourth-order valence-electron chi connectivity index (χ4n) is 6.18. The van der Waals surface area contributed by atoms with Crippen molar-refractivity contribution in [3.63, 3.8) is 0 Å². The van der Waals surface area contributed by atoms with Crippen LogP contribution in [0.15, 0.2) is 60.7 Å². The molecule has 242 valence electrons. The van der Waals surface area contributed by atoms with Gasteiger partial charge in [0.2, 0.25) is 0 Å². The molecule has 2 heteroatoms. The monoisotopic (exact) mass is 591 g/mol. The van der Waals surface area contributed by atoms with Gasteiger partial charge in [-0.25, -0.2) is 0 Å². The van der Waals surface area contributed by atoms with E-state index in [1.165, 1.54) is 148 Å². The maximum Gasteiger partial charge on any atom is 0.306 e. The summed E-state index contributed by atoms with van der Waals surface area (Å²) in [6.07, 6.45) is 34.9. The van der Waals surface area contributed by atoms with E-state index < -0.39 is 0 Å². The SMILES string of the molecule is CCCCCCCCCCCCCCCCCCCCCCCCCCCC(=O)OC(c1ccccc1)c1ccccc1. The summed E-state index contributed by atoms with van der Waals surface area (Å²) < 4.78 is 5.94. The molecule has 2 rings (SSSR count). The second-order valence-electron chi connectivity index (χ2n) is 12.9. The van der Waals surface area contributed by atoms with E-state index in [9.17, 15) is 4.79 Å². The molecule has 0 aliphatic rings. The highest BCUT2D eigenvalue weighted by Crippen LogP contribution is 2.26. The van der Waals surface area contributed by atoms with Crippen LogP contribution < -0.4 is 0 Å². The second-order valence-corrected chi connectivity index (χ2v) is 12.9. The zero-order chi connectivity index (χ0) is 30.5. The molecule has 43 heavy (non-hydrogen) atoms. The molecular formula is C41H66O2. The minimum atomic E-state index is -0.325. The Morgan fingerprint density at radius 1 is 0.442 bits per heavy atom. The molecule has 0 saturated heterocycles. The van der Waals surface area contributed by atoms with Crippen LogP contribution in [0, 0.1) is 0 Å². The van der Waals surface area contributed by atoms with E-state index in [0.717, 1.165) is 24.0 Å². The summed E-state index contributed by atoms with van der Waals surface area (Å²) in [6, 6.07) is 20.1. The van der Waals surface area contributed by atoms with Crippen molar-refractivity contribution < 1.29 is 9.53 Å². The van der Waals surface area contributed by atoms with Gasteiger partial charge in [0.15, 0.2) is 6.10 Å². The standard InChI is InChI=1S/C41H66O2/c1-2-3-4-5-6-7-8-9-10-11-12-13-14-15-16-17-18-19-20-21-22-23-24-25-32-37-40(42)43-41(38-33-28-26-29-34-38)39-35-30-27-31-36-39/h26-31,33-36,41H,2-25,32,37H2,1H3. The van der Waals surface area contributed by atoms with Gasteiger partial charge in [0.05, 0.1) is 0 Å². The third kappa shape index (κ3) is 20.5. The van der Waals surface area contributed by atoms with Crippen LogP contribution in [0.5, 0.6) is 0 Å². The van der Waals surface area contributed by atoms with E-state index in [1.54, 1.807) is 0 Å². The van der Waals surface area contributed by atoms with Crippen molar-refractivity contribution in [2.24, 2.45) is 0 Å². The lowest BCUT2D eigenvalue weighted by molar-refractivity contribution is -0.147. The molecule has 0 aliphatic heterocycles. The maximum atomic E-state index is 12.6. The Bertz CT molecular complexity index is 822. The summed E-state index contributed by atoms with van der Waals surface area (Å²) in [5, 5.41) is 0. The maximum absolute atomic E-state index is 12.6. The van der Waals surface area contributed by atoms with Crippen molar-refractivity contribution in [2.45, 2.75) is 180 Å². The van der Waals surface area contributed by atoms with Gasteiger partial charge in [-0.05, 0) is 17.5 Å². The highest BCUT2D eigenvalue weighted by atomic mass is 16.5. The number of unbranched alkanes of at least 4 members (excludes halogenated alkanes) is 24. The van der Waals surface area contributed by atoms with Crippen molar-refractivity contribution in [3.05, 3.63) is 71.8 Å². The number of carbonyl (C=O) groups is 1. The Balaban J connectivity index is 1.31. The van der Waals surface area contributed by atoms with Gasteiger partial charge in [0.25, 0.3) is 0 Å². The molecule has 2 nitrogen and oxygen atoms in total. The van der Waals surface area contributed by atoms with Gasteiger partial charge in [-0.15, -0.1) is 0 Å². The van der Waals surface area contributed by atoms with Crippen molar-refractivity contribution in [1.82, 2.24) is 0 Å². The quantitative estimate of drug-likeness (QED) is 0.0696. The number of carbonyl (C=O) groups excluding carboxylic acids is 1. The fraction of sp³-hybridized carbons (Fsp3) is 0.683. The molecule has 0 amide bonds. The fourth-order valence-corrected chi connectivity index (χ4v) is 6.18. The van der Waals surface area contributed by atoms with Gasteiger partial charge in [0, 0.05) is 6.42 Å². The van der Waals surface area contributed by atoms with Crippen molar-refractivity contribution >= 4 is 5.97 Å². The first-order valence-corrected chi connectivity index (χ1v) is 18.6. The van der Waals surface area contributed by atoms with Gasteiger partial charge in [-0.1, -0.05) is 222 Å². The van der Waals surface area contributed by atoms with E-state index in [2.05, 4.69) is 6.92 Å². The highest BCUT2D eigenvalue weighted by Gasteiger charge is 2.18. The number of hydrogen-bond acceptors (Lipinski definition) is 2. The zero-order valence-corrected chi connectivity index (χ0v) is 28.1. The van der Waals surface area contributed by atoms with E-state index >= 15 is 0 Å². The van der Waals surface area contributed by atoms with Gasteiger partial charge >= 0.3 is 5.97 Å². The third-order valence-electron chi connectivity index (χ3n) is 8.94. The first-order chi connectivity index (χ1) is 21.3. The van der Waals surface area contributed by atoms with E-state index in [0.29, 0.717) is 6.42 Å². The summed E-state index contributed by atoms with van der Waals surface area (Å²) in [5.74, 6) is -0.0909. The summed E-state index contributed by atoms with van der Waals surface area (Å²) in [5.41, 5.74) is 2.05. The number of benzene rings is 2. The number of esters is 1. The van der Waals surface area contributed by atoms with Crippen LogP contribution in [0.2, 0.25) is 0 Å². The minimum Gasteiger partial charge on any atom is -0.453 e. The molecule has 2 aromatic carbocycles. The molecule has 0 bridgehead atoms. The predicted molar refractivity (Wildman–Crippen MR) is 187 cm³/mol. The lowest BCUT2D eigenvalue weighted by atomic mass is 10.0. The molecule has 0 unspecified atom stereocenters. The Kier molecular flexibility index (Phi) is 23.7. The minimum absolute atomic E-state index is 0.0909. The molecule has 0 fully saturated rings. The van der Waals surface area contributed by atoms with Crippen LogP contribution in [0.4, 0.5) is 0 Å². The van der Waals surface area contributed by atoms with Crippen molar-refractivity contribution in [1.29, 1.82) is 0 Å². The lowest BCUT2D eigenvalue weighted by Crippen LogP contribution is -2.12. The molecule has 0 saturated carbocycles. The molecule has 0 N–H and O–H groups in total. The normalized spacial score (nSPS) is 11.3. The first kappa shape index (κ1) is 37.1. The lowest BCUT2D eigenvalue weighted by Gasteiger charge is -2.19. The summed E-state index contributed by atoms with van der Waals surface area (Å²) in [4.78, 5) is 12.6. The van der Waals surface area contributed by atoms with Crippen LogP contribution in [-0.4, -0.2) is 5.97 Å². The Morgan fingerprint density at radius 2 is 0.721 bits per heavy atom. The zero-order valence-electron chi connectivity index (χ0n) is 28.1. The smallest absolute Gasteiger partial charge is 0.306 e. The predicted octanol–water partition coefficient (Wildman–Crippen LogP) is 13.5. The van der Waals surface area contributed by atoms with Crippen LogP contribution >= 0.6 is 0 Å². The van der Waals surface area contributed by atoms with Crippen molar-refractivity contribution in [2.75, 3.05) is 0 Å². The molecule has 0 radical (unpaired) electrons. The van der Waals surface area contributed by atoms with E-state index in [1.807, 2.05) is 60.7 Å². The average Bonchev–Trinajstić information content (AvgIpc) is 3.04. The Hall–Kier alpha value is -2.09. The largest absolute Gasteiger partial charge is 0.453 e. The summed E-state index contributed by atoms with van der Waals surface area (Å²) >= 11 is 0. The van der Waals surface area contributed by atoms with E-state index in [4.69, 9.17) is 4.74 Å².